The minimum Gasteiger partial charge on any atom is -0.315 e. The molecule has 1 fully saturated rings. The van der Waals surface area contributed by atoms with E-state index in [0.29, 0.717) is 12.8 Å². The molecule has 0 atom stereocenters. The zero-order valence-electron chi connectivity index (χ0n) is 16.7. The van der Waals surface area contributed by atoms with Gasteiger partial charge in [0.2, 0.25) is 15.9 Å². The maximum absolute atomic E-state index is 14.0. The molecule has 4 rings (SSSR count). The number of nitrogens with zero attached hydrogens (tertiary/aromatic N) is 2. The van der Waals surface area contributed by atoms with Crippen molar-refractivity contribution in [3.8, 4) is 0 Å². The molecule has 0 aliphatic carbocycles. The predicted octanol–water partition coefficient (Wildman–Crippen LogP) is 4.04. The van der Waals surface area contributed by atoms with Gasteiger partial charge in [-0.25, -0.2) is 12.8 Å². The Morgan fingerprint density at radius 1 is 0.967 bits per heavy atom. The second kappa shape index (κ2) is 8.16. The Kier molecular flexibility index (Phi) is 5.58. The lowest BCUT2D eigenvalue weighted by atomic mass is 9.96. The molecule has 1 aliphatic heterocycles. The van der Waals surface area contributed by atoms with Crippen molar-refractivity contribution in [3.05, 3.63) is 72.5 Å². The van der Waals surface area contributed by atoms with Gasteiger partial charge in [-0.2, -0.15) is 4.31 Å². The van der Waals surface area contributed by atoms with E-state index in [1.54, 1.807) is 11.9 Å². The largest absolute Gasteiger partial charge is 0.315 e. The highest BCUT2D eigenvalue weighted by molar-refractivity contribution is 7.89. The lowest BCUT2D eigenvalue weighted by molar-refractivity contribution is -0.123. The average molecular weight is 427 g/mol. The standard InChI is InChI=1S/C23H23FN2O3S/c1-25(20-11-10-17-6-2-3-7-19(17)16-20)23(27)18-12-14-26(15-13-18)30(28,29)22-9-5-4-8-21(22)24/h2-11,16,18H,12-15H2,1H3. The van der Waals surface area contributed by atoms with Gasteiger partial charge in [-0.1, -0.05) is 42.5 Å². The monoisotopic (exact) mass is 426 g/mol. The number of hydrogen-bond acceptors (Lipinski definition) is 3. The summed E-state index contributed by atoms with van der Waals surface area (Å²) in [7, 11) is -2.16. The van der Waals surface area contributed by atoms with Crippen LogP contribution in [0.3, 0.4) is 0 Å². The second-order valence-corrected chi connectivity index (χ2v) is 9.44. The van der Waals surface area contributed by atoms with E-state index in [2.05, 4.69) is 0 Å². The fourth-order valence-electron chi connectivity index (χ4n) is 3.92. The predicted molar refractivity (Wildman–Crippen MR) is 115 cm³/mol. The Morgan fingerprint density at radius 2 is 1.60 bits per heavy atom. The van der Waals surface area contributed by atoms with Crippen molar-refractivity contribution in [1.29, 1.82) is 0 Å². The number of rotatable bonds is 4. The zero-order chi connectivity index (χ0) is 21.3. The fourth-order valence-corrected chi connectivity index (χ4v) is 5.46. The van der Waals surface area contributed by atoms with E-state index in [-0.39, 0.29) is 29.8 Å². The summed E-state index contributed by atoms with van der Waals surface area (Å²) in [6.45, 7) is 0.386. The van der Waals surface area contributed by atoms with Gasteiger partial charge in [0.05, 0.1) is 0 Å². The third kappa shape index (κ3) is 3.82. The van der Waals surface area contributed by atoms with Crippen LogP contribution in [0.2, 0.25) is 0 Å². The maximum Gasteiger partial charge on any atom is 0.245 e. The van der Waals surface area contributed by atoms with Crippen LogP contribution in [0, 0.1) is 11.7 Å². The van der Waals surface area contributed by atoms with E-state index < -0.39 is 15.8 Å². The first kappa shape index (κ1) is 20.5. The quantitative estimate of drug-likeness (QED) is 0.633. The molecule has 0 unspecified atom stereocenters. The highest BCUT2D eigenvalue weighted by Gasteiger charge is 2.34. The van der Waals surface area contributed by atoms with Crippen LogP contribution >= 0.6 is 0 Å². The third-order valence-electron chi connectivity index (χ3n) is 5.71. The van der Waals surface area contributed by atoms with Crippen molar-refractivity contribution in [3.63, 3.8) is 0 Å². The van der Waals surface area contributed by atoms with Crippen molar-refractivity contribution in [1.82, 2.24) is 4.31 Å². The minimum atomic E-state index is -3.91. The first-order chi connectivity index (χ1) is 14.4. The molecule has 0 spiro atoms. The Hall–Kier alpha value is -2.77. The molecule has 1 aliphatic rings. The van der Waals surface area contributed by atoms with Gasteiger partial charge in [-0.3, -0.25) is 4.79 Å². The smallest absolute Gasteiger partial charge is 0.245 e. The lowest BCUT2D eigenvalue weighted by Gasteiger charge is -2.32. The minimum absolute atomic E-state index is 0.0341. The SMILES string of the molecule is CN(C(=O)C1CCN(S(=O)(=O)c2ccccc2F)CC1)c1ccc2ccccc2c1. The van der Waals surface area contributed by atoms with Crippen LogP contribution in [0.15, 0.2) is 71.6 Å². The number of carbonyl (C=O) groups excluding carboxylic acids is 1. The molecular formula is C23H23FN2O3S. The summed E-state index contributed by atoms with van der Waals surface area (Å²) in [6, 6.07) is 19.2. The van der Waals surface area contributed by atoms with Crippen molar-refractivity contribution in [2.45, 2.75) is 17.7 Å². The Bertz CT molecular complexity index is 1190. The molecule has 1 heterocycles. The van der Waals surface area contributed by atoms with Gasteiger partial charge in [-0.15, -0.1) is 0 Å². The number of benzene rings is 3. The summed E-state index contributed by atoms with van der Waals surface area (Å²) >= 11 is 0. The Balaban J connectivity index is 1.45. The summed E-state index contributed by atoms with van der Waals surface area (Å²) in [5.41, 5.74) is 0.806. The van der Waals surface area contributed by atoms with Gasteiger partial charge < -0.3 is 4.90 Å². The summed E-state index contributed by atoms with van der Waals surface area (Å²) in [4.78, 5) is 14.3. The van der Waals surface area contributed by atoms with Crippen LogP contribution in [-0.4, -0.2) is 38.8 Å². The van der Waals surface area contributed by atoms with E-state index in [1.807, 2.05) is 42.5 Å². The highest BCUT2D eigenvalue weighted by atomic mass is 32.2. The van der Waals surface area contributed by atoms with Gasteiger partial charge in [-0.05, 0) is 47.9 Å². The van der Waals surface area contributed by atoms with Gasteiger partial charge in [0.1, 0.15) is 10.7 Å². The number of fused-ring (bicyclic) bond motifs is 1. The zero-order valence-corrected chi connectivity index (χ0v) is 17.5. The number of sulfonamides is 1. The number of piperidine rings is 1. The number of hydrogen-bond donors (Lipinski definition) is 0. The Morgan fingerprint density at radius 3 is 2.30 bits per heavy atom. The summed E-state index contributed by atoms with van der Waals surface area (Å²) in [6.07, 6.45) is 0.814. The van der Waals surface area contributed by atoms with Gasteiger partial charge in [0, 0.05) is 31.7 Å². The van der Waals surface area contributed by atoms with E-state index in [0.717, 1.165) is 22.5 Å². The Labute approximate surface area is 175 Å². The number of halogens is 1. The molecule has 3 aromatic carbocycles. The summed E-state index contributed by atoms with van der Waals surface area (Å²) < 4.78 is 40.8. The van der Waals surface area contributed by atoms with Gasteiger partial charge in [0.15, 0.2) is 0 Å². The second-order valence-electron chi connectivity index (χ2n) is 7.54. The molecular weight excluding hydrogens is 403 g/mol. The van der Waals surface area contributed by atoms with E-state index in [4.69, 9.17) is 0 Å². The molecule has 0 aromatic heterocycles. The van der Waals surface area contributed by atoms with Crippen molar-refractivity contribution in [2.24, 2.45) is 5.92 Å². The number of carbonyl (C=O) groups is 1. The van der Waals surface area contributed by atoms with Crippen LogP contribution in [-0.2, 0) is 14.8 Å². The van der Waals surface area contributed by atoms with Crippen LogP contribution in [0.4, 0.5) is 10.1 Å². The molecule has 0 radical (unpaired) electrons. The van der Waals surface area contributed by atoms with Crippen molar-refractivity contribution in [2.75, 3.05) is 25.0 Å². The topological polar surface area (TPSA) is 57.7 Å². The molecule has 0 bridgehead atoms. The van der Waals surface area contributed by atoms with Crippen LogP contribution < -0.4 is 4.90 Å². The highest BCUT2D eigenvalue weighted by Crippen LogP contribution is 2.28. The third-order valence-corrected chi connectivity index (χ3v) is 7.64. The molecule has 1 amide bonds. The molecule has 5 nitrogen and oxygen atoms in total. The maximum atomic E-state index is 14.0. The molecule has 7 heteroatoms. The van der Waals surface area contributed by atoms with Crippen molar-refractivity contribution < 1.29 is 17.6 Å². The molecule has 0 N–H and O–H groups in total. The molecule has 1 saturated heterocycles. The summed E-state index contributed by atoms with van der Waals surface area (Å²) in [5.74, 6) is -1.06. The first-order valence-corrected chi connectivity index (χ1v) is 11.3. The molecule has 156 valence electrons. The first-order valence-electron chi connectivity index (χ1n) is 9.89. The van der Waals surface area contributed by atoms with E-state index >= 15 is 0 Å². The average Bonchev–Trinajstić information content (AvgIpc) is 2.78. The molecule has 30 heavy (non-hydrogen) atoms. The van der Waals surface area contributed by atoms with Crippen LogP contribution in [0.5, 0.6) is 0 Å². The van der Waals surface area contributed by atoms with E-state index in [1.165, 1.54) is 22.5 Å². The van der Waals surface area contributed by atoms with E-state index in [9.17, 15) is 17.6 Å². The van der Waals surface area contributed by atoms with Gasteiger partial charge in [0.25, 0.3) is 0 Å². The fraction of sp³-hybridized carbons (Fsp3) is 0.261. The molecule has 0 saturated carbocycles. The summed E-state index contributed by atoms with van der Waals surface area (Å²) in [5, 5.41) is 2.16. The number of anilines is 1. The lowest BCUT2D eigenvalue weighted by Crippen LogP contribution is -2.43. The van der Waals surface area contributed by atoms with Gasteiger partial charge >= 0.3 is 0 Å². The van der Waals surface area contributed by atoms with Crippen LogP contribution in [0.25, 0.3) is 10.8 Å². The normalized spacial score (nSPS) is 15.9. The molecule has 3 aromatic rings. The number of amides is 1. The van der Waals surface area contributed by atoms with Crippen molar-refractivity contribution >= 4 is 32.4 Å². The van der Waals surface area contributed by atoms with Crippen LogP contribution in [0.1, 0.15) is 12.8 Å².